The molecule has 0 aliphatic heterocycles. The van der Waals surface area contributed by atoms with Gasteiger partial charge in [-0.25, -0.2) is 9.97 Å². The Morgan fingerprint density at radius 1 is 1.16 bits per heavy atom. The maximum absolute atomic E-state index is 13.0. The summed E-state index contributed by atoms with van der Waals surface area (Å²) >= 11 is 0. The summed E-state index contributed by atoms with van der Waals surface area (Å²) in [5, 5.41) is 2.96. The van der Waals surface area contributed by atoms with E-state index < -0.39 is 0 Å². The molecular formula is C26H28N4O. The number of anilines is 1. The number of benzene rings is 2. The van der Waals surface area contributed by atoms with Gasteiger partial charge < -0.3 is 10.3 Å². The standard InChI is InChI=1S/C26H28N4O/c1-16(2)30-14-22(24-25(27)28-15-29-26(24)30)19-10-11-20-18(13-19)8-5-9-21(20)23(31)12-17-6-3-4-7-17/h5,8-11,13-17H,3-4,6-7,12H2,1-2H3,(H2,27,28,29). The minimum atomic E-state index is 0.255. The molecule has 4 aromatic rings. The SMILES string of the molecule is CC(C)n1cc(-c2ccc3c(C(=O)CC4CCCC4)cccc3c2)c2c(N)ncnc21. The zero-order valence-electron chi connectivity index (χ0n) is 18.1. The van der Waals surface area contributed by atoms with Crippen LogP contribution >= 0.6 is 0 Å². The third kappa shape index (κ3) is 3.48. The predicted octanol–water partition coefficient (Wildman–Crippen LogP) is 6.18. The van der Waals surface area contributed by atoms with Gasteiger partial charge >= 0.3 is 0 Å². The number of fused-ring (bicyclic) bond motifs is 2. The first-order chi connectivity index (χ1) is 15.0. The number of hydrogen-bond donors (Lipinski definition) is 1. The van der Waals surface area contributed by atoms with Crippen LogP contribution in [-0.4, -0.2) is 20.3 Å². The van der Waals surface area contributed by atoms with Crippen molar-refractivity contribution in [1.29, 1.82) is 0 Å². The van der Waals surface area contributed by atoms with Crippen molar-refractivity contribution in [3.05, 3.63) is 54.5 Å². The van der Waals surface area contributed by atoms with Crippen LogP contribution in [0.25, 0.3) is 32.9 Å². The number of carbonyl (C=O) groups is 1. The van der Waals surface area contributed by atoms with Crippen LogP contribution in [-0.2, 0) is 0 Å². The molecule has 31 heavy (non-hydrogen) atoms. The second kappa shape index (κ2) is 7.80. The van der Waals surface area contributed by atoms with Crippen molar-refractivity contribution in [2.45, 2.75) is 52.0 Å². The number of ketones is 1. The molecule has 2 aromatic carbocycles. The number of Topliss-reactive ketones (excluding diaryl/α,β-unsaturated/α-hetero) is 1. The van der Waals surface area contributed by atoms with E-state index in [4.69, 9.17) is 5.73 Å². The van der Waals surface area contributed by atoms with Crippen molar-refractivity contribution in [3.63, 3.8) is 0 Å². The minimum absolute atomic E-state index is 0.255. The highest BCUT2D eigenvalue weighted by Crippen LogP contribution is 2.36. The number of aromatic nitrogens is 3. The molecule has 5 rings (SSSR count). The fraction of sp³-hybridized carbons (Fsp3) is 0.346. The average Bonchev–Trinajstić information content (AvgIpc) is 3.41. The second-order valence-electron chi connectivity index (χ2n) is 9.02. The Hall–Kier alpha value is -3.21. The summed E-state index contributed by atoms with van der Waals surface area (Å²) in [6, 6.07) is 12.6. The van der Waals surface area contributed by atoms with E-state index in [-0.39, 0.29) is 11.8 Å². The van der Waals surface area contributed by atoms with Gasteiger partial charge in [0.25, 0.3) is 0 Å². The fourth-order valence-corrected chi connectivity index (χ4v) is 5.00. The molecule has 0 radical (unpaired) electrons. The lowest BCUT2D eigenvalue weighted by molar-refractivity contribution is 0.0964. The highest BCUT2D eigenvalue weighted by molar-refractivity contribution is 6.09. The smallest absolute Gasteiger partial charge is 0.163 e. The van der Waals surface area contributed by atoms with Gasteiger partial charge in [0.15, 0.2) is 5.78 Å². The van der Waals surface area contributed by atoms with E-state index >= 15 is 0 Å². The Bertz CT molecular complexity index is 1280. The van der Waals surface area contributed by atoms with Crippen LogP contribution in [0.4, 0.5) is 5.82 Å². The molecule has 0 unspecified atom stereocenters. The van der Waals surface area contributed by atoms with Gasteiger partial charge in [-0.2, -0.15) is 0 Å². The van der Waals surface area contributed by atoms with E-state index in [9.17, 15) is 4.79 Å². The van der Waals surface area contributed by atoms with Crippen molar-refractivity contribution in [2.75, 3.05) is 5.73 Å². The number of nitrogens with zero attached hydrogens (tertiary/aromatic N) is 3. The third-order valence-electron chi connectivity index (χ3n) is 6.64. The van der Waals surface area contributed by atoms with E-state index in [2.05, 4.69) is 58.8 Å². The summed E-state index contributed by atoms with van der Waals surface area (Å²) in [4.78, 5) is 21.7. The molecule has 1 aliphatic rings. The largest absolute Gasteiger partial charge is 0.383 e. The van der Waals surface area contributed by atoms with E-state index in [1.54, 1.807) is 0 Å². The Morgan fingerprint density at radius 3 is 2.74 bits per heavy atom. The van der Waals surface area contributed by atoms with Gasteiger partial charge in [-0.05, 0) is 42.2 Å². The monoisotopic (exact) mass is 412 g/mol. The topological polar surface area (TPSA) is 73.8 Å². The molecule has 2 N–H and O–H groups in total. The first-order valence-corrected chi connectivity index (χ1v) is 11.2. The molecular weight excluding hydrogens is 384 g/mol. The zero-order chi connectivity index (χ0) is 21.5. The Balaban J connectivity index is 1.59. The molecule has 1 fully saturated rings. The summed E-state index contributed by atoms with van der Waals surface area (Å²) in [5.41, 5.74) is 10.0. The number of nitrogens with two attached hydrogens (primary N) is 1. The zero-order valence-corrected chi connectivity index (χ0v) is 18.1. The minimum Gasteiger partial charge on any atom is -0.383 e. The molecule has 0 bridgehead atoms. The van der Waals surface area contributed by atoms with Gasteiger partial charge in [0, 0.05) is 29.8 Å². The molecule has 0 amide bonds. The highest BCUT2D eigenvalue weighted by Gasteiger charge is 2.21. The van der Waals surface area contributed by atoms with Crippen molar-refractivity contribution in [1.82, 2.24) is 14.5 Å². The molecule has 0 saturated heterocycles. The Kier molecular flexibility index (Phi) is 4.97. The summed E-state index contributed by atoms with van der Waals surface area (Å²) in [5.74, 6) is 1.30. The van der Waals surface area contributed by atoms with Gasteiger partial charge in [-0.3, -0.25) is 4.79 Å². The van der Waals surface area contributed by atoms with Gasteiger partial charge in [0.05, 0.1) is 5.39 Å². The molecule has 5 heteroatoms. The van der Waals surface area contributed by atoms with Gasteiger partial charge in [-0.15, -0.1) is 0 Å². The maximum atomic E-state index is 13.0. The van der Waals surface area contributed by atoms with Crippen LogP contribution in [0, 0.1) is 5.92 Å². The van der Waals surface area contributed by atoms with Gasteiger partial charge in [-0.1, -0.05) is 56.0 Å². The normalized spacial score (nSPS) is 14.8. The number of nitrogen functional groups attached to an aromatic ring is 1. The highest BCUT2D eigenvalue weighted by atomic mass is 16.1. The van der Waals surface area contributed by atoms with Crippen molar-refractivity contribution in [2.24, 2.45) is 5.92 Å². The van der Waals surface area contributed by atoms with E-state index in [1.165, 1.54) is 32.0 Å². The Labute approximate surface area is 182 Å². The predicted molar refractivity (Wildman–Crippen MR) is 126 cm³/mol. The van der Waals surface area contributed by atoms with E-state index in [1.807, 2.05) is 12.1 Å². The molecule has 2 heterocycles. The van der Waals surface area contributed by atoms with E-state index in [0.717, 1.165) is 38.5 Å². The summed E-state index contributed by atoms with van der Waals surface area (Å²) in [6.45, 7) is 4.26. The fourth-order valence-electron chi connectivity index (χ4n) is 5.00. The first kappa shape index (κ1) is 19.7. The maximum Gasteiger partial charge on any atom is 0.163 e. The number of carbonyl (C=O) groups excluding carboxylic acids is 1. The lowest BCUT2D eigenvalue weighted by Crippen LogP contribution is -2.06. The Morgan fingerprint density at radius 2 is 1.97 bits per heavy atom. The molecule has 0 spiro atoms. The number of rotatable bonds is 5. The quantitative estimate of drug-likeness (QED) is 0.397. The van der Waals surface area contributed by atoms with Crippen molar-refractivity contribution >= 4 is 33.4 Å². The molecule has 158 valence electrons. The molecule has 5 nitrogen and oxygen atoms in total. The third-order valence-corrected chi connectivity index (χ3v) is 6.64. The van der Waals surface area contributed by atoms with Crippen LogP contribution < -0.4 is 5.73 Å². The lowest BCUT2D eigenvalue weighted by Gasteiger charge is -2.11. The van der Waals surface area contributed by atoms with Gasteiger partial charge in [0.1, 0.15) is 17.8 Å². The molecule has 1 aliphatic carbocycles. The van der Waals surface area contributed by atoms with Crippen molar-refractivity contribution in [3.8, 4) is 11.1 Å². The van der Waals surface area contributed by atoms with Crippen LogP contribution in [0.2, 0.25) is 0 Å². The molecule has 0 atom stereocenters. The summed E-state index contributed by atoms with van der Waals surface area (Å²) in [6.07, 6.45) is 9.17. The number of hydrogen-bond acceptors (Lipinski definition) is 4. The van der Waals surface area contributed by atoms with E-state index in [0.29, 0.717) is 18.2 Å². The molecule has 1 saturated carbocycles. The molecule has 2 aromatic heterocycles. The van der Waals surface area contributed by atoms with Crippen molar-refractivity contribution < 1.29 is 4.79 Å². The average molecular weight is 413 g/mol. The van der Waals surface area contributed by atoms with Crippen LogP contribution in [0.15, 0.2) is 48.9 Å². The first-order valence-electron chi connectivity index (χ1n) is 11.2. The summed E-state index contributed by atoms with van der Waals surface area (Å²) in [7, 11) is 0. The van der Waals surface area contributed by atoms with Crippen LogP contribution in [0.3, 0.4) is 0 Å². The summed E-state index contributed by atoms with van der Waals surface area (Å²) < 4.78 is 2.13. The van der Waals surface area contributed by atoms with Gasteiger partial charge in [0.2, 0.25) is 0 Å². The van der Waals surface area contributed by atoms with Crippen LogP contribution in [0.5, 0.6) is 0 Å². The van der Waals surface area contributed by atoms with Crippen LogP contribution in [0.1, 0.15) is 62.4 Å². The lowest BCUT2D eigenvalue weighted by atomic mass is 9.92. The second-order valence-corrected chi connectivity index (χ2v) is 9.02.